The number of esters is 1. The molecule has 0 spiro atoms. The zero-order valence-corrected chi connectivity index (χ0v) is 9.93. The molecule has 1 aromatic rings. The number of carbonyl (C=O) groups is 1. The first kappa shape index (κ1) is 12.7. The maximum atomic E-state index is 11.4. The summed E-state index contributed by atoms with van der Waals surface area (Å²) in [6, 6.07) is 7.76. The fourth-order valence-electron chi connectivity index (χ4n) is 1.48. The number of aliphatic hydroxyl groups excluding tert-OH is 1. The van der Waals surface area contributed by atoms with Crippen molar-refractivity contribution in [2.24, 2.45) is 0 Å². The summed E-state index contributed by atoms with van der Waals surface area (Å²) >= 11 is 0. The van der Waals surface area contributed by atoms with Crippen molar-refractivity contribution < 1.29 is 14.6 Å². The smallest absolute Gasteiger partial charge is 0.335 e. The van der Waals surface area contributed by atoms with Gasteiger partial charge in [0, 0.05) is 5.92 Å². The van der Waals surface area contributed by atoms with Gasteiger partial charge in [0.15, 0.2) is 6.10 Å². The van der Waals surface area contributed by atoms with Crippen molar-refractivity contribution in [3.8, 4) is 0 Å². The van der Waals surface area contributed by atoms with Crippen LogP contribution in [0.15, 0.2) is 24.3 Å². The molecule has 0 aliphatic rings. The van der Waals surface area contributed by atoms with Crippen LogP contribution in [-0.4, -0.2) is 23.8 Å². The molecule has 2 unspecified atom stereocenters. The molecule has 2 atom stereocenters. The van der Waals surface area contributed by atoms with E-state index >= 15 is 0 Å². The number of ether oxygens (including phenoxy) is 1. The largest absolute Gasteiger partial charge is 0.464 e. The molecule has 0 fully saturated rings. The summed E-state index contributed by atoms with van der Waals surface area (Å²) in [7, 11) is 0. The summed E-state index contributed by atoms with van der Waals surface area (Å²) in [4.78, 5) is 11.4. The Balaban J connectivity index is 2.73. The van der Waals surface area contributed by atoms with E-state index in [0.717, 1.165) is 11.1 Å². The summed E-state index contributed by atoms with van der Waals surface area (Å²) in [6.07, 6.45) is -1.09. The van der Waals surface area contributed by atoms with Gasteiger partial charge in [-0.05, 0) is 19.4 Å². The van der Waals surface area contributed by atoms with Crippen molar-refractivity contribution in [1.82, 2.24) is 0 Å². The third kappa shape index (κ3) is 3.07. The molecule has 0 radical (unpaired) electrons. The van der Waals surface area contributed by atoms with E-state index in [1.54, 1.807) is 6.92 Å². The number of hydrogen-bond acceptors (Lipinski definition) is 3. The highest BCUT2D eigenvalue weighted by atomic mass is 16.5. The molecule has 0 bridgehead atoms. The Morgan fingerprint density at radius 2 is 1.94 bits per heavy atom. The first-order valence-electron chi connectivity index (χ1n) is 5.47. The van der Waals surface area contributed by atoms with Crippen LogP contribution in [0.1, 0.15) is 30.9 Å². The Morgan fingerprint density at radius 3 is 2.44 bits per heavy atom. The molecule has 0 saturated carbocycles. The summed E-state index contributed by atoms with van der Waals surface area (Å²) in [5.41, 5.74) is 2.09. The molecule has 1 rings (SSSR count). The van der Waals surface area contributed by atoms with Crippen LogP contribution in [0.5, 0.6) is 0 Å². The second-order valence-electron chi connectivity index (χ2n) is 3.90. The monoisotopic (exact) mass is 222 g/mol. The van der Waals surface area contributed by atoms with Crippen molar-refractivity contribution in [2.75, 3.05) is 6.61 Å². The summed E-state index contributed by atoms with van der Waals surface area (Å²) in [5.74, 6) is -0.810. The first-order valence-corrected chi connectivity index (χ1v) is 5.47. The van der Waals surface area contributed by atoms with Crippen molar-refractivity contribution >= 4 is 5.97 Å². The summed E-state index contributed by atoms with van der Waals surface area (Å²) < 4.78 is 4.78. The predicted octanol–water partition coefficient (Wildman–Crippen LogP) is 2.02. The average Bonchev–Trinajstić information content (AvgIpc) is 2.28. The van der Waals surface area contributed by atoms with E-state index in [1.807, 2.05) is 38.1 Å². The van der Waals surface area contributed by atoms with Crippen LogP contribution in [0.4, 0.5) is 0 Å². The lowest BCUT2D eigenvalue weighted by atomic mass is 9.95. The van der Waals surface area contributed by atoms with E-state index in [1.165, 1.54) is 0 Å². The molecule has 3 nitrogen and oxygen atoms in total. The highest BCUT2D eigenvalue weighted by Crippen LogP contribution is 2.20. The molecule has 16 heavy (non-hydrogen) atoms. The maximum Gasteiger partial charge on any atom is 0.335 e. The van der Waals surface area contributed by atoms with Crippen molar-refractivity contribution in [2.45, 2.75) is 32.8 Å². The van der Waals surface area contributed by atoms with Gasteiger partial charge >= 0.3 is 5.97 Å². The predicted molar refractivity (Wildman–Crippen MR) is 62.2 cm³/mol. The zero-order chi connectivity index (χ0) is 12.1. The highest BCUT2D eigenvalue weighted by molar-refractivity contribution is 5.75. The van der Waals surface area contributed by atoms with Gasteiger partial charge in [-0.1, -0.05) is 36.8 Å². The Labute approximate surface area is 96.1 Å². The number of aliphatic hydroxyl groups is 1. The fourth-order valence-corrected chi connectivity index (χ4v) is 1.48. The van der Waals surface area contributed by atoms with E-state index in [2.05, 4.69) is 0 Å². The Bertz CT molecular complexity index is 343. The normalized spacial score (nSPS) is 14.2. The molecule has 0 amide bonds. The lowest BCUT2D eigenvalue weighted by Gasteiger charge is -2.17. The molecule has 0 aromatic heterocycles. The molecule has 1 aromatic carbocycles. The first-order chi connectivity index (χ1) is 7.56. The van der Waals surface area contributed by atoms with Gasteiger partial charge in [-0.2, -0.15) is 0 Å². The van der Waals surface area contributed by atoms with Gasteiger partial charge < -0.3 is 9.84 Å². The molecule has 0 aliphatic heterocycles. The fraction of sp³-hybridized carbons (Fsp3) is 0.462. The Kier molecular flexibility index (Phi) is 4.50. The topological polar surface area (TPSA) is 46.5 Å². The SMILES string of the molecule is CCOC(=O)C(O)C(C)c1ccc(C)cc1. The van der Waals surface area contributed by atoms with E-state index in [9.17, 15) is 9.90 Å². The maximum absolute atomic E-state index is 11.4. The molecule has 0 saturated heterocycles. The Hall–Kier alpha value is -1.35. The van der Waals surface area contributed by atoms with E-state index in [0.29, 0.717) is 0 Å². The minimum Gasteiger partial charge on any atom is -0.464 e. The van der Waals surface area contributed by atoms with Gasteiger partial charge in [-0.25, -0.2) is 4.79 Å². The number of hydrogen-bond donors (Lipinski definition) is 1. The molecule has 3 heteroatoms. The zero-order valence-electron chi connectivity index (χ0n) is 9.93. The van der Waals surface area contributed by atoms with Crippen LogP contribution in [-0.2, 0) is 9.53 Å². The standard InChI is InChI=1S/C13H18O3/c1-4-16-13(15)12(14)10(3)11-7-5-9(2)6-8-11/h5-8,10,12,14H,4H2,1-3H3. The van der Waals surface area contributed by atoms with Crippen LogP contribution < -0.4 is 0 Å². The number of benzene rings is 1. The highest BCUT2D eigenvalue weighted by Gasteiger charge is 2.24. The lowest BCUT2D eigenvalue weighted by molar-refractivity contribution is -0.154. The number of carbonyl (C=O) groups excluding carboxylic acids is 1. The van der Waals surface area contributed by atoms with Gasteiger partial charge in [-0.3, -0.25) is 0 Å². The minimum atomic E-state index is -1.09. The molecule has 0 heterocycles. The van der Waals surface area contributed by atoms with Gasteiger partial charge in [0.05, 0.1) is 6.61 Å². The van der Waals surface area contributed by atoms with Crippen LogP contribution in [0, 0.1) is 6.92 Å². The van der Waals surface area contributed by atoms with Crippen molar-refractivity contribution in [1.29, 1.82) is 0 Å². The number of rotatable bonds is 4. The summed E-state index contributed by atoms with van der Waals surface area (Å²) in [5, 5.41) is 9.77. The quantitative estimate of drug-likeness (QED) is 0.793. The molecule has 0 aliphatic carbocycles. The van der Waals surface area contributed by atoms with Crippen molar-refractivity contribution in [3.63, 3.8) is 0 Å². The van der Waals surface area contributed by atoms with Crippen LogP contribution >= 0.6 is 0 Å². The van der Waals surface area contributed by atoms with Gasteiger partial charge in [0.1, 0.15) is 0 Å². The third-order valence-electron chi connectivity index (χ3n) is 2.60. The third-order valence-corrected chi connectivity index (χ3v) is 2.60. The van der Waals surface area contributed by atoms with Gasteiger partial charge in [0.25, 0.3) is 0 Å². The van der Waals surface area contributed by atoms with Crippen LogP contribution in [0.3, 0.4) is 0 Å². The van der Waals surface area contributed by atoms with Crippen LogP contribution in [0.25, 0.3) is 0 Å². The van der Waals surface area contributed by atoms with E-state index in [-0.39, 0.29) is 12.5 Å². The Morgan fingerprint density at radius 1 is 1.38 bits per heavy atom. The molecular weight excluding hydrogens is 204 g/mol. The lowest BCUT2D eigenvalue weighted by Crippen LogP contribution is -2.28. The molecular formula is C13H18O3. The molecule has 88 valence electrons. The van der Waals surface area contributed by atoms with Gasteiger partial charge in [0.2, 0.25) is 0 Å². The second-order valence-corrected chi connectivity index (χ2v) is 3.90. The average molecular weight is 222 g/mol. The van der Waals surface area contributed by atoms with Crippen molar-refractivity contribution in [3.05, 3.63) is 35.4 Å². The van der Waals surface area contributed by atoms with E-state index in [4.69, 9.17) is 4.74 Å². The second kappa shape index (κ2) is 5.66. The van der Waals surface area contributed by atoms with E-state index < -0.39 is 12.1 Å². The minimum absolute atomic E-state index is 0.250. The van der Waals surface area contributed by atoms with Gasteiger partial charge in [-0.15, -0.1) is 0 Å². The van der Waals surface area contributed by atoms with Crippen LogP contribution in [0.2, 0.25) is 0 Å². The summed E-state index contributed by atoms with van der Waals surface area (Å²) in [6.45, 7) is 5.82. The number of aryl methyl sites for hydroxylation is 1. The molecule has 1 N–H and O–H groups in total.